The summed E-state index contributed by atoms with van der Waals surface area (Å²) in [6, 6.07) is 7.01. The van der Waals surface area contributed by atoms with E-state index in [1.165, 1.54) is 0 Å². The average Bonchev–Trinajstić information content (AvgIpc) is 2.44. The van der Waals surface area contributed by atoms with Crippen molar-refractivity contribution in [2.75, 3.05) is 19.8 Å². The second kappa shape index (κ2) is 8.50. The molecule has 0 saturated heterocycles. The molecule has 0 aliphatic carbocycles. The van der Waals surface area contributed by atoms with Crippen LogP contribution in [0.5, 0.6) is 5.75 Å². The summed E-state index contributed by atoms with van der Waals surface area (Å²) in [6.07, 6.45) is 0.853. The van der Waals surface area contributed by atoms with E-state index in [1.54, 1.807) is 0 Å². The van der Waals surface area contributed by atoms with Crippen LogP contribution < -0.4 is 10.1 Å². The number of hydrogen-bond acceptors (Lipinski definition) is 4. The minimum absolute atomic E-state index is 0.195. The van der Waals surface area contributed by atoms with Gasteiger partial charge in [-0.1, -0.05) is 18.2 Å². The number of benzene rings is 1. The number of carbonyl (C=O) groups is 1. The van der Waals surface area contributed by atoms with Crippen LogP contribution in [0.4, 0.5) is 0 Å². The van der Waals surface area contributed by atoms with E-state index in [0.29, 0.717) is 19.4 Å². The van der Waals surface area contributed by atoms with E-state index in [-0.39, 0.29) is 19.1 Å². The van der Waals surface area contributed by atoms with Crippen LogP contribution in [0.3, 0.4) is 0 Å². The molecule has 0 aliphatic heterocycles. The second-order valence-electron chi connectivity index (χ2n) is 4.17. The Morgan fingerprint density at radius 1 is 1.32 bits per heavy atom. The highest BCUT2D eigenvalue weighted by molar-refractivity contribution is 5.76. The molecule has 0 bridgehead atoms. The van der Waals surface area contributed by atoms with E-state index >= 15 is 0 Å². The predicted octanol–water partition coefficient (Wildman–Crippen LogP) is 0.487. The summed E-state index contributed by atoms with van der Waals surface area (Å²) in [4.78, 5) is 11.6. The van der Waals surface area contributed by atoms with Crippen LogP contribution in [0.1, 0.15) is 18.9 Å². The molecule has 0 spiro atoms. The molecule has 1 rings (SSSR count). The Morgan fingerprint density at radius 2 is 2.00 bits per heavy atom. The molecule has 19 heavy (non-hydrogen) atoms. The number of aliphatic hydroxyl groups excluding tert-OH is 2. The van der Waals surface area contributed by atoms with Gasteiger partial charge in [-0.05, 0) is 25.0 Å². The van der Waals surface area contributed by atoms with Gasteiger partial charge in [-0.15, -0.1) is 0 Å². The van der Waals surface area contributed by atoms with Gasteiger partial charge in [0.15, 0.2) is 0 Å². The number of nitrogens with one attached hydrogen (secondary N) is 1. The number of ether oxygens (including phenoxy) is 1. The van der Waals surface area contributed by atoms with Crippen molar-refractivity contribution in [3.8, 4) is 5.75 Å². The Kier molecular flexibility index (Phi) is 6.92. The molecule has 5 heteroatoms. The Bertz CT molecular complexity index is 391. The highest BCUT2D eigenvalue weighted by Gasteiger charge is 2.11. The Balaban J connectivity index is 2.50. The van der Waals surface area contributed by atoms with Gasteiger partial charge in [0.2, 0.25) is 5.91 Å². The van der Waals surface area contributed by atoms with Crippen molar-refractivity contribution < 1.29 is 19.7 Å². The van der Waals surface area contributed by atoms with Crippen molar-refractivity contribution in [2.24, 2.45) is 0 Å². The molecule has 0 fully saturated rings. The number of hydrogen-bond donors (Lipinski definition) is 3. The molecule has 1 aromatic rings. The van der Waals surface area contributed by atoms with E-state index in [9.17, 15) is 4.79 Å². The fourth-order valence-electron chi connectivity index (χ4n) is 1.70. The number of carbonyl (C=O) groups excluding carboxylic acids is 1. The molecule has 1 amide bonds. The Morgan fingerprint density at radius 3 is 2.63 bits per heavy atom. The van der Waals surface area contributed by atoms with Crippen molar-refractivity contribution in [1.82, 2.24) is 5.32 Å². The lowest BCUT2D eigenvalue weighted by atomic mass is 10.1. The standard InChI is InChI=1S/C14H21NO4/c1-2-19-13-6-4-3-5-11(13)7-8-14(18)15-12(9-16)10-17/h3-6,12,16-17H,2,7-10H2,1H3,(H,15,18). The zero-order valence-electron chi connectivity index (χ0n) is 11.1. The molecule has 5 nitrogen and oxygen atoms in total. The van der Waals surface area contributed by atoms with E-state index in [4.69, 9.17) is 14.9 Å². The third kappa shape index (κ3) is 5.28. The second-order valence-corrected chi connectivity index (χ2v) is 4.17. The van der Waals surface area contributed by atoms with Gasteiger partial charge < -0.3 is 20.3 Å². The summed E-state index contributed by atoms with van der Waals surface area (Å²) in [5.41, 5.74) is 0.976. The van der Waals surface area contributed by atoms with Crippen LogP contribution in [0, 0.1) is 0 Å². The summed E-state index contributed by atoms with van der Waals surface area (Å²) in [7, 11) is 0. The van der Waals surface area contributed by atoms with Gasteiger partial charge in [-0.3, -0.25) is 4.79 Å². The zero-order valence-corrected chi connectivity index (χ0v) is 11.1. The molecule has 0 aromatic heterocycles. The normalized spacial score (nSPS) is 10.5. The van der Waals surface area contributed by atoms with Crippen LogP contribution in [0.25, 0.3) is 0 Å². The van der Waals surface area contributed by atoms with Crippen LogP contribution in [0.15, 0.2) is 24.3 Å². The summed E-state index contributed by atoms with van der Waals surface area (Å²) in [5.74, 6) is 0.595. The highest BCUT2D eigenvalue weighted by Crippen LogP contribution is 2.19. The molecular weight excluding hydrogens is 246 g/mol. The smallest absolute Gasteiger partial charge is 0.220 e. The minimum Gasteiger partial charge on any atom is -0.494 e. The molecule has 0 atom stereocenters. The molecule has 3 N–H and O–H groups in total. The van der Waals surface area contributed by atoms with Crippen LogP contribution in [0.2, 0.25) is 0 Å². The predicted molar refractivity (Wildman–Crippen MR) is 72.0 cm³/mol. The van der Waals surface area contributed by atoms with Crippen molar-refractivity contribution >= 4 is 5.91 Å². The maximum atomic E-state index is 11.6. The molecule has 0 aliphatic rings. The summed E-state index contributed by atoms with van der Waals surface area (Å²) in [6.45, 7) is 1.96. The lowest BCUT2D eigenvalue weighted by molar-refractivity contribution is -0.122. The maximum Gasteiger partial charge on any atom is 0.220 e. The van der Waals surface area contributed by atoms with Crippen molar-refractivity contribution in [1.29, 1.82) is 0 Å². The molecule has 0 saturated carbocycles. The number of aliphatic hydroxyl groups is 2. The molecule has 0 radical (unpaired) electrons. The number of amides is 1. The third-order valence-corrected chi connectivity index (χ3v) is 2.70. The van der Waals surface area contributed by atoms with Gasteiger partial charge in [0, 0.05) is 6.42 Å². The van der Waals surface area contributed by atoms with Crippen molar-refractivity contribution in [3.63, 3.8) is 0 Å². The molecule has 1 aromatic carbocycles. The Hall–Kier alpha value is -1.59. The van der Waals surface area contributed by atoms with Gasteiger partial charge in [0.05, 0.1) is 25.9 Å². The first kappa shape index (κ1) is 15.5. The summed E-state index contributed by atoms with van der Waals surface area (Å²) >= 11 is 0. The van der Waals surface area contributed by atoms with Crippen LogP contribution in [-0.4, -0.2) is 42.0 Å². The van der Waals surface area contributed by atoms with Gasteiger partial charge in [-0.2, -0.15) is 0 Å². The number of aryl methyl sites for hydroxylation is 1. The minimum atomic E-state index is -0.588. The van der Waals surface area contributed by atoms with E-state index in [2.05, 4.69) is 5.32 Å². The number of rotatable bonds is 8. The largest absolute Gasteiger partial charge is 0.494 e. The van der Waals surface area contributed by atoms with Crippen LogP contribution in [-0.2, 0) is 11.2 Å². The zero-order chi connectivity index (χ0) is 14.1. The first-order chi connectivity index (χ1) is 9.21. The van der Waals surface area contributed by atoms with E-state index in [0.717, 1.165) is 11.3 Å². The van der Waals surface area contributed by atoms with Gasteiger partial charge in [0.1, 0.15) is 5.75 Å². The SMILES string of the molecule is CCOc1ccccc1CCC(=O)NC(CO)CO. The first-order valence-electron chi connectivity index (χ1n) is 6.43. The van der Waals surface area contributed by atoms with Gasteiger partial charge in [-0.25, -0.2) is 0 Å². The van der Waals surface area contributed by atoms with E-state index < -0.39 is 6.04 Å². The topological polar surface area (TPSA) is 78.8 Å². The molecule has 0 unspecified atom stereocenters. The lowest BCUT2D eigenvalue weighted by Crippen LogP contribution is -2.40. The highest BCUT2D eigenvalue weighted by atomic mass is 16.5. The molecular formula is C14H21NO4. The maximum absolute atomic E-state index is 11.6. The Labute approximate surface area is 113 Å². The van der Waals surface area contributed by atoms with Gasteiger partial charge in [0.25, 0.3) is 0 Å². The summed E-state index contributed by atoms with van der Waals surface area (Å²) < 4.78 is 5.48. The van der Waals surface area contributed by atoms with Crippen LogP contribution >= 0.6 is 0 Å². The lowest BCUT2D eigenvalue weighted by Gasteiger charge is -2.14. The number of para-hydroxylation sites is 1. The fourth-order valence-corrected chi connectivity index (χ4v) is 1.70. The van der Waals surface area contributed by atoms with E-state index in [1.807, 2.05) is 31.2 Å². The molecule has 106 valence electrons. The average molecular weight is 267 g/mol. The van der Waals surface area contributed by atoms with Gasteiger partial charge >= 0.3 is 0 Å². The molecule has 0 heterocycles. The monoisotopic (exact) mass is 267 g/mol. The first-order valence-corrected chi connectivity index (χ1v) is 6.43. The summed E-state index contributed by atoms with van der Waals surface area (Å²) in [5, 5.41) is 20.3. The fraction of sp³-hybridized carbons (Fsp3) is 0.500. The van der Waals surface area contributed by atoms with Crippen molar-refractivity contribution in [3.05, 3.63) is 29.8 Å². The van der Waals surface area contributed by atoms with Crippen molar-refractivity contribution in [2.45, 2.75) is 25.8 Å². The third-order valence-electron chi connectivity index (χ3n) is 2.70. The quantitative estimate of drug-likeness (QED) is 0.640.